The number of rotatable bonds is 8. The van der Waals surface area contributed by atoms with Crippen molar-refractivity contribution in [2.45, 2.75) is 13.2 Å². The molecule has 0 saturated carbocycles. The zero-order valence-corrected chi connectivity index (χ0v) is 17.7. The lowest BCUT2D eigenvalue weighted by Crippen LogP contribution is -2.00. The summed E-state index contributed by atoms with van der Waals surface area (Å²) in [5.41, 5.74) is 2.32. The quantitative estimate of drug-likeness (QED) is 0.175. The highest BCUT2D eigenvalue weighted by atomic mass is 35.5. The summed E-state index contributed by atoms with van der Waals surface area (Å²) >= 11 is 6.25. The van der Waals surface area contributed by atoms with Crippen LogP contribution in [0, 0.1) is 10.1 Å². The average molecular weight is 447 g/mol. The van der Waals surface area contributed by atoms with Gasteiger partial charge in [0, 0.05) is 28.3 Å². The van der Waals surface area contributed by atoms with Gasteiger partial charge in [-0.1, -0.05) is 77.4 Å². The fourth-order valence-electron chi connectivity index (χ4n) is 3.27. The van der Waals surface area contributed by atoms with Gasteiger partial charge in [0.25, 0.3) is 5.69 Å². The molecule has 0 unspecified atom stereocenters. The smallest absolute Gasteiger partial charge is 0.269 e. The minimum atomic E-state index is -0.439. The molecule has 7 heteroatoms. The molecular weight excluding hydrogens is 428 g/mol. The molecule has 0 N–H and O–H groups in total. The molecule has 0 atom stereocenters. The molecule has 0 heterocycles. The third-order valence-electron chi connectivity index (χ3n) is 4.88. The number of non-ortho nitro benzene ring substituents is 1. The van der Waals surface area contributed by atoms with Crippen molar-refractivity contribution in [1.29, 1.82) is 0 Å². The van der Waals surface area contributed by atoms with Crippen molar-refractivity contribution in [2.75, 3.05) is 0 Å². The third kappa shape index (κ3) is 5.04. The van der Waals surface area contributed by atoms with Gasteiger partial charge in [-0.2, -0.15) is 0 Å². The van der Waals surface area contributed by atoms with Crippen LogP contribution in [-0.4, -0.2) is 11.1 Å². The molecule has 4 aromatic rings. The number of fused-ring (bicyclic) bond motifs is 1. The van der Waals surface area contributed by atoms with E-state index in [1.165, 1.54) is 12.1 Å². The predicted octanol–water partition coefficient (Wildman–Crippen LogP) is 6.53. The molecule has 0 fully saturated rings. The third-order valence-corrected chi connectivity index (χ3v) is 5.25. The minimum Gasteiger partial charge on any atom is -0.488 e. The van der Waals surface area contributed by atoms with Crippen LogP contribution in [0.2, 0.25) is 5.02 Å². The molecule has 0 spiro atoms. The molecule has 4 rings (SSSR count). The van der Waals surface area contributed by atoms with Gasteiger partial charge in [-0.3, -0.25) is 10.1 Å². The molecule has 6 nitrogen and oxygen atoms in total. The van der Waals surface area contributed by atoms with Crippen LogP contribution >= 0.6 is 11.6 Å². The minimum absolute atomic E-state index is 0.0133. The number of nitrogens with zero attached hydrogens (tertiary/aromatic N) is 2. The Morgan fingerprint density at radius 3 is 2.59 bits per heavy atom. The van der Waals surface area contributed by atoms with Gasteiger partial charge in [0.05, 0.1) is 11.1 Å². The fraction of sp³-hybridized carbons (Fsp3) is 0.0800. The lowest BCUT2D eigenvalue weighted by molar-refractivity contribution is -0.384. The predicted molar refractivity (Wildman–Crippen MR) is 125 cm³/mol. The van der Waals surface area contributed by atoms with Crippen LogP contribution in [0.1, 0.15) is 16.7 Å². The van der Waals surface area contributed by atoms with Crippen molar-refractivity contribution in [3.8, 4) is 5.75 Å². The molecule has 0 saturated heterocycles. The van der Waals surface area contributed by atoms with Crippen molar-refractivity contribution < 1.29 is 14.5 Å². The molecule has 0 amide bonds. The van der Waals surface area contributed by atoms with Gasteiger partial charge in [0.1, 0.15) is 19.0 Å². The Kier molecular flexibility index (Phi) is 6.63. The number of nitro groups is 1. The van der Waals surface area contributed by atoms with Crippen molar-refractivity contribution >= 4 is 34.3 Å². The molecule has 0 aliphatic carbocycles. The molecular formula is C25H19ClN2O4. The molecule has 0 aromatic heterocycles. The van der Waals surface area contributed by atoms with Crippen molar-refractivity contribution in [3.63, 3.8) is 0 Å². The van der Waals surface area contributed by atoms with Crippen LogP contribution in [0.25, 0.3) is 10.8 Å². The zero-order valence-electron chi connectivity index (χ0n) is 17.0. The first-order valence-corrected chi connectivity index (χ1v) is 10.3. The van der Waals surface area contributed by atoms with E-state index in [0.717, 1.165) is 21.9 Å². The van der Waals surface area contributed by atoms with E-state index in [4.69, 9.17) is 21.2 Å². The SMILES string of the molecule is O=[N+]([O-])c1cccc(CO/N=C\c2c(OCc3ccccc3Cl)ccc3ccccc23)c1. The Balaban J connectivity index is 1.54. The van der Waals surface area contributed by atoms with E-state index in [0.29, 0.717) is 22.9 Å². The van der Waals surface area contributed by atoms with Crippen LogP contribution in [0.15, 0.2) is 90.1 Å². The highest BCUT2D eigenvalue weighted by Gasteiger charge is 2.09. The first-order chi connectivity index (χ1) is 15.6. The van der Waals surface area contributed by atoms with Crippen LogP contribution in [0.4, 0.5) is 5.69 Å². The van der Waals surface area contributed by atoms with Gasteiger partial charge in [-0.05, 0) is 28.5 Å². The first-order valence-electron chi connectivity index (χ1n) is 9.88. The standard InChI is InChI=1S/C25H19ClN2O4/c26-24-11-4-2-8-20(24)17-31-25-13-12-19-7-1-3-10-22(19)23(25)15-27-32-16-18-6-5-9-21(14-18)28(29)30/h1-15H,16-17H2/b27-15-. The number of hydrogen-bond donors (Lipinski definition) is 0. The van der Waals surface area contributed by atoms with Crippen LogP contribution in [-0.2, 0) is 18.1 Å². The van der Waals surface area contributed by atoms with Crippen LogP contribution in [0.5, 0.6) is 5.75 Å². The van der Waals surface area contributed by atoms with E-state index in [1.54, 1.807) is 18.3 Å². The van der Waals surface area contributed by atoms with Crippen LogP contribution < -0.4 is 4.74 Å². The van der Waals surface area contributed by atoms with E-state index >= 15 is 0 Å². The Morgan fingerprint density at radius 2 is 1.75 bits per heavy atom. The summed E-state index contributed by atoms with van der Waals surface area (Å²) in [6.07, 6.45) is 1.60. The van der Waals surface area contributed by atoms with E-state index in [2.05, 4.69) is 5.16 Å². The molecule has 160 valence electrons. The van der Waals surface area contributed by atoms with E-state index in [1.807, 2.05) is 60.7 Å². The summed E-state index contributed by atoms with van der Waals surface area (Å²) < 4.78 is 6.06. The van der Waals surface area contributed by atoms with Crippen molar-refractivity contribution in [3.05, 3.63) is 117 Å². The second-order valence-corrected chi connectivity index (χ2v) is 7.42. The van der Waals surface area contributed by atoms with E-state index < -0.39 is 4.92 Å². The maximum absolute atomic E-state index is 10.9. The second kappa shape index (κ2) is 9.94. The molecule has 0 aliphatic rings. The summed E-state index contributed by atoms with van der Waals surface area (Å²) in [6, 6.07) is 25.6. The number of ether oxygens (including phenoxy) is 1. The molecule has 0 bridgehead atoms. The molecule has 0 aliphatic heterocycles. The zero-order chi connectivity index (χ0) is 22.3. The van der Waals surface area contributed by atoms with E-state index in [-0.39, 0.29) is 12.3 Å². The number of oxime groups is 1. The fourth-order valence-corrected chi connectivity index (χ4v) is 3.46. The molecule has 4 aromatic carbocycles. The topological polar surface area (TPSA) is 74.0 Å². The molecule has 32 heavy (non-hydrogen) atoms. The van der Waals surface area contributed by atoms with Gasteiger partial charge in [0.2, 0.25) is 0 Å². The van der Waals surface area contributed by atoms with Crippen molar-refractivity contribution in [1.82, 2.24) is 0 Å². The van der Waals surface area contributed by atoms with E-state index in [9.17, 15) is 10.1 Å². The number of benzene rings is 4. The van der Waals surface area contributed by atoms with Crippen molar-refractivity contribution in [2.24, 2.45) is 5.16 Å². The lowest BCUT2D eigenvalue weighted by atomic mass is 10.0. The Labute approximate surface area is 189 Å². The second-order valence-electron chi connectivity index (χ2n) is 7.01. The highest BCUT2D eigenvalue weighted by molar-refractivity contribution is 6.31. The summed E-state index contributed by atoms with van der Waals surface area (Å²) in [4.78, 5) is 15.9. The maximum Gasteiger partial charge on any atom is 0.269 e. The summed E-state index contributed by atoms with van der Waals surface area (Å²) in [5, 5.41) is 17.7. The number of hydrogen-bond acceptors (Lipinski definition) is 5. The maximum atomic E-state index is 10.9. The monoisotopic (exact) mass is 446 g/mol. The number of nitro benzene ring substituents is 1. The summed E-state index contributed by atoms with van der Waals surface area (Å²) in [6.45, 7) is 0.423. The van der Waals surface area contributed by atoms with Gasteiger partial charge in [-0.15, -0.1) is 0 Å². The first kappa shape index (κ1) is 21.3. The Morgan fingerprint density at radius 1 is 0.938 bits per heavy atom. The summed E-state index contributed by atoms with van der Waals surface area (Å²) in [7, 11) is 0. The Hall–Kier alpha value is -3.90. The van der Waals surface area contributed by atoms with Gasteiger partial charge in [-0.25, -0.2) is 0 Å². The summed E-state index contributed by atoms with van der Waals surface area (Å²) in [5.74, 6) is 0.645. The normalized spacial score (nSPS) is 11.0. The molecule has 0 radical (unpaired) electrons. The highest BCUT2D eigenvalue weighted by Crippen LogP contribution is 2.28. The van der Waals surface area contributed by atoms with Gasteiger partial charge in [0.15, 0.2) is 0 Å². The lowest BCUT2D eigenvalue weighted by Gasteiger charge is -2.12. The Bertz CT molecular complexity index is 1290. The largest absolute Gasteiger partial charge is 0.488 e. The van der Waals surface area contributed by atoms with Crippen LogP contribution in [0.3, 0.4) is 0 Å². The average Bonchev–Trinajstić information content (AvgIpc) is 2.82. The number of halogens is 1. The van der Waals surface area contributed by atoms with Gasteiger partial charge < -0.3 is 9.57 Å². The van der Waals surface area contributed by atoms with Gasteiger partial charge >= 0.3 is 0 Å².